The van der Waals surface area contributed by atoms with E-state index in [1.807, 2.05) is 12.1 Å². The second kappa shape index (κ2) is 6.23. The third-order valence-corrected chi connectivity index (χ3v) is 4.62. The molecule has 0 spiro atoms. The topological polar surface area (TPSA) is 30.5 Å². The number of nitrogens with one attached hydrogen (secondary N) is 1. The summed E-state index contributed by atoms with van der Waals surface area (Å²) in [6.07, 6.45) is 5.32. The van der Waals surface area contributed by atoms with Gasteiger partial charge in [0, 0.05) is 12.6 Å². The number of hydrogen-bond acceptors (Lipinski definition) is 3. The molecule has 1 aliphatic heterocycles. The zero-order valence-corrected chi connectivity index (χ0v) is 12.7. The van der Waals surface area contributed by atoms with Crippen LogP contribution in [-0.4, -0.2) is 19.3 Å². The average Bonchev–Trinajstić information content (AvgIpc) is 2.46. The van der Waals surface area contributed by atoms with Crippen molar-refractivity contribution in [2.45, 2.75) is 45.2 Å². The summed E-state index contributed by atoms with van der Waals surface area (Å²) < 4.78 is 11.2. The van der Waals surface area contributed by atoms with Gasteiger partial charge in [-0.25, -0.2) is 0 Å². The van der Waals surface area contributed by atoms with Crippen molar-refractivity contribution in [3.63, 3.8) is 0 Å². The first-order chi connectivity index (χ1) is 9.74. The summed E-state index contributed by atoms with van der Waals surface area (Å²) in [6.45, 7) is 4.35. The van der Waals surface area contributed by atoms with Crippen LogP contribution in [0.3, 0.4) is 0 Å². The van der Waals surface area contributed by atoms with Crippen LogP contribution in [-0.2, 0) is 6.54 Å². The minimum absolute atomic E-state index is 0.573. The molecule has 0 aromatic heterocycles. The fourth-order valence-electron chi connectivity index (χ4n) is 3.13. The smallest absolute Gasteiger partial charge is 0.179 e. The van der Waals surface area contributed by atoms with Gasteiger partial charge in [-0.3, -0.25) is 0 Å². The van der Waals surface area contributed by atoms with E-state index in [1.54, 1.807) is 0 Å². The normalized spacial score (nSPS) is 25.5. The Hall–Kier alpha value is -0.930. The highest BCUT2D eigenvalue weighted by molar-refractivity contribution is 6.32. The second-order valence-corrected chi connectivity index (χ2v) is 6.26. The van der Waals surface area contributed by atoms with E-state index in [1.165, 1.54) is 25.7 Å². The molecular weight excluding hydrogens is 274 g/mol. The van der Waals surface area contributed by atoms with Crippen molar-refractivity contribution in [2.75, 3.05) is 13.2 Å². The van der Waals surface area contributed by atoms with Crippen LogP contribution in [0, 0.1) is 5.92 Å². The van der Waals surface area contributed by atoms with Gasteiger partial charge in [-0.2, -0.15) is 0 Å². The SMILES string of the molecule is CC1CCCCC1NCc1cc(Cl)c2c(c1)OCCO2. The van der Waals surface area contributed by atoms with Gasteiger partial charge in [0.1, 0.15) is 13.2 Å². The van der Waals surface area contributed by atoms with E-state index < -0.39 is 0 Å². The molecule has 110 valence electrons. The van der Waals surface area contributed by atoms with E-state index in [4.69, 9.17) is 21.1 Å². The quantitative estimate of drug-likeness (QED) is 0.920. The zero-order chi connectivity index (χ0) is 13.9. The van der Waals surface area contributed by atoms with E-state index in [9.17, 15) is 0 Å². The van der Waals surface area contributed by atoms with Crippen LogP contribution in [0.2, 0.25) is 5.02 Å². The van der Waals surface area contributed by atoms with Crippen LogP contribution in [0.5, 0.6) is 11.5 Å². The molecule has 1 N–H and O–H groups in total. The van der Waals surface area contributed by atoms with Gasteiger partial charge in [-0.05, 0) is 36.5 Å². The first-order valence-corrected chi connectivity index (χ1v) is 7.93. The summed E-state index contributed by atoms with van der Waals surface area (Å²) in [6, 6.07) is 4.65. The Morgan fingerprint density at radius 1 is 1.20 bits per heavy atom. The van der Waals surface area contributed by atoms with Crippen LogP contribution < -0.4 is 14.8 Å². The second-order valence-electron chi connectivity index (χ2n) is 5.85. The summed E-state index contributed by atoms with van der Waals surface area (Å²) in [5.41, 5.74) is 1.16. The molecule has 1 fully saturated rings. The summed E-state index contributed by atoms with van der Waals surface area (Å²) in [7, 11) is 0. The van der Waals surface area contributed by atoms with Crippen LogP contribution in [0.15, 0.2) is 12.1 Å². The van der Waals surface area contributed by atoms with E-state index in [0.29, 0.717) is 30.0 Å². The molecule has 0 saturated heterocycles. The van der Waals surface area contributed by atoms with Crippen molar-refractivity contribution < 1.29 is 9.47 Å². The van der Waals surface area contributed by atoms with Crippen LogP contribution in [0.25, 0.3) is 0 Å². The lowest BCUT2D eigenvalue weighted by molar-refractivity contribution is 0.171. The first kappa shape index (κ1) is 14.0. The highest BCUT2D eigenvalue weighted by atomic mass is 35.5. The molecule has 1 saturated carbocycles. The molecule has 1 heterocycles. The summed E-state index contributed by atoms with van der Waals surface area (Å²) in [5, 5.41) is 4.32. The molecule has 2 aliphatic rings. The maximum atomic E-state index is 6.26. The van der Waals surface area contributed by atoms with Crippen molar-refractivity contribution in [3.05, 3.63) is 22.7 Å². The number of ether oxygens (including phenoxy) is 2. The average molecular weight is 296 g/mol. The fourth-order valence-corrected chi connectivity index (χ4v) is 3.42. The summed E-state index contributed by atoms with van der Waals surface area (Å²) in [5.74, 6) is 2.22. The van der Waals surface area contributed by atoms with E-state index in [-0.39, 0.29) is 0 Å². The Bertz CT molecular complexity index is 478. The van der Waals surface area contributed by atoms with Crippen molar-refractivity contribution >= 4 is 11.6 Å². The van der Waals surface area contributed by atoms with Gasteiger partial charge in [-0.1, -0.05) is 31.4 Å². The van der Waals surface area contributed by atoms with E-state index in [2.05, 4.69) is 12.2 Å². The standard InChI is InChI=1S/C16H22ClNO2/c1-11-4-2-3-5-14(11)18-10-12-8-13(17)16-15(9-12)19-6-7-20-16/h8-9,11,14,18H,2-7,10H2,1H3. The van der Waals surface area contributed by atoms with Gasteiger partial charge in [-0.15, -0.1) is 0 Å². The van der Waals surface area contributed by atoms with Crippen LogP contribution in [0.1, 0.15) is 38.2 Å². The number of halogens is 1. The molecule has 3 nitrogen and oxygen atoms in total. The van der Waals surface area contributed by atoms with Gasteiger partial charge in [0.05, 0.1) is 5.02 Å². The van der Waals surface area contributed by atoms with Gasteiger partial charge < -0.3 is 14.8 Å². The van der Waals surface area contributed by atoms with Gasteiger partial charge in [0.2, 0.25) is 0 Å². The van der Waals surface area contributed by atoms with Crippen LogP contribution >= 0.6 is 11.6 Å². The lowest BCUT2D eigenvalue weighted by atomic mass is 9.86. The predicted molar refractivity (Wildman–Crippen MR) is 80.7 cm³/mol. The summed E-state index contributed by atoms with van der Waals surface area (Å²) >= 11 is 6.26. The van der Waals surface area contributed by atoms with Gasteiger partial charge in [0.25, 0.3) is 0 Å². The van der Waals surface area contributed by atoms with Gasteiger partial charge in [0.15, 0.2) is 11.5 Å². The lowest BCUT2D eigenvalue weighted by Crippen LogP contribution is -2.36. The molecule has 1 aromatic carbocycles. The molecule has 2 atom stereocenters. The Morgan fingerprint density at radius 3 is 2.85 bits per heavy atom. The highest BCUT2D eigenvalue weighted by Crippen LogP contribution is 2.38. The molecule has 4 heteroatoms. The molecule has 0 radical (unpaired) electrons. The molecular formula is C16H22ClNO2. The fraction of sp³-hybridized carbons (Fsp3) is 0.625. The van der Waals surface area contributed by atoms with Crippen molar-refractivity contribution in [1.82, 2.24) is 5.32 Å². The lowest BCUT2D eigenvalue weighted by Gasteiger charge is -2.30. The molecule has 3 rings (SSSR count). The number of benzene rings is 1. The van der Waals surface area contributed by atoms with E-state index in [0.717, 1.165) is 23.8 Å². The number of rotatable bonds is 3. The highest BCUT2D eigenvalue weighted by Gasteiger charge is 2.21. The molecule has 0 bridgehead atoms. The Kier molecular flexibility index (Phi) is 4.37. The van der Waals surface area contributed by atoms with Crippen molar-refractivity contribution in [3.8, 4) is 11.5 Å². The zero-order valence-electron chi connectivity index (χ0n) is 12.0. The minimum Gasteiger partial charge on any atom is -0.486 e. The molecule has 1 aliphatic carbocycles. The Balaban J connectivity index is 1.67. The molecule has 0 amide bonds. The summed E-state index contributed by atoms with van der Waals surface area (Å²) in [4.78, 5) is 0. The third-order valence-electron chi connectivity index (χ3n) is 4.34. The Labute approximate surface area is 125 Å². The predicted octanol–water partition coefficient (Wildman–Crippen LogP) is 3.78. The first-order valence-electron chi connectivity index (χ1n) is 7.55. The minimum atomic E-state index is 0.573. The monoisotopic (exact) mass is 295 g/mol. The number of hydrogen-bond donors (Lipinski definition) is 1. The van der Waals surface area contributed by atoms with Crippen molar-refractivity contribution in [2.24, 2.45) is 5.92 Å². The van der Waals surface area contributed by atoms with Gasteiger partial charge >= 0.3 is 0 Å². The molecule has 2 unspecified atom stereocenters. The van der Waals surface area contributed by atoms with Crippen LogP contribution in [0.4, 0.5) is 0 Å². The Morgan fingerprint density at radius 2 is 2.00 bits per heavy atom. The maximum Gasteiger partial charge on any atom is 0.179 e. The third kappa shape index (κ3) is 3.04. The molecule has 1 aromatic rings. The largest absolute Gasteiger partial charge is 0.486 e. The maximum absolute atomic E-state index is 6.26. The van der Waals surface area contributed by atoms with E-state index >= 15 is 0 Å². The molecule has 20 heavy (non-hydrogen) atoms. The number of fused-ring (bicyclic) bond motifs is 1. The van der Waals surface area contributed by atoms with Crippen molar-refractivity contribution in [1.29, 1.82) is 0 Å².